The first kappa shape index (κ1) is 16.4. The van der Waals surface area contributed by atoms with E-state index in [0.29, 0.717) is 24.5 Å². The molecule has 3 aromatic rings. The summed E-state index contributed by atoms with van der Waals surface area (Å²) >= 11 is 0. The third kappa shape index (κ3) is 2.96. The molecule has 1 fully saturated rings. The Morgan fingerprint density at radius 2 is 1.85 bits per heavy atom. The third-order valence-corrected chi connectivity index (χ3v) is 4.76. The van der Waals surface area contributed by atoms with Crippen LogP contribution in [0, 0.1) is 13.8 Å². The molecular formula is C19H21N5O2. The average Bonchev–Trinajstić information content (AvgIpc) is 3.29. The van der Waals surface area contributed by atoms with Gasteiger partial charge < -0.3 is 14.3 Å². The molecule has 1 aliphatic rings. The lowest BCUT2D eigenvalue weighted by Crippen LogP contribution is -2.49. The molecule has 26 heavy (non-hydrogen) atoms. The van der Waals surface area contributed by atoms with Crippen molar-refractivity contribution in [1.82, 2.24) is 20.3 Å². The fourth-order valence-corrected chi connectivity index (χ4v) is 3.42. The number of hydrogen-bond donors (Lipinski definition) is 1. The topological polar surface area (TPSA) is 78.3 Å². The highest BCUT2D eigenvalue weighted by molar-refractivity contribution is 5.93. The maximum absolute atomic E-state index is 12.7. The molecular weight excluding hydrogens is 330 g/mol. The maximum atomic E-state index is 12.7. The van der Waals surface area contributed by atoms with Gasteiger partial charge in [-0.25, -0.2) is 0 Å². The van der Waals surface area contributed by atoms with Gasteiger partial charge in [-0.1, -0.05) is 35.5 Å². The van der Waals surface area contributed by atoms with Gasteiger partial charge in [0.25, 0.3) is 5.91 Å². The second-order valence-electron chi connectivity index (χ2n) is 6.50. The summed E-state index contributed by atoms with van der Waals surface area (Å²) in [5.74, 6) is 0.522. The summed E-state index contributed by atoms with van der Waals surface area (Å²) in [7, 11) is 0. The number of rotatable bonds is 3. The fraction of sp³-hybridized carbons (Fsp3) is 0.316. The van der Waals surface area contributed by atoms with E-state index in [2.05, 4.69) is 20.3 Å². The van der Waals surface area contributed by atoms with Crippen molar-refractivity contribution in [3.05, 3.63) is 53.5 Å². The highest BCUT2D eigenvalue weighted by atomic mass is 16.5. The van der Waals surface area contributed by atoms with Crippen molar-refractivity contribution in [3.63, 3.8) is 0 Å². The van der Waals surface area contributed by atoms with Crippen LogP contribution < -0.4 is 4.90 Å². The predicted molar refractivity (Wildman–Crippen MR) is 98.1 cm³/mol. The fourth-order valence-electron chi connectivity index (χ4n) is 3.42. The van der Waals surface area contributed by atoms with Gasteiger partial charge in [-0.3, -0.25) is 9.89 Å². The maximum Gasteiger partial charge on any atom is 0.276 e. The second kappa shape index (κ2) is 6.67. The number of aromatic nitrogens is 3. The summed E-state index contributed by atoms with van der Waals surface area (Å²) in [6.45, 7) is 6.86. The van der Waals surface area contributed by atoms with E-state index in [1.807, 2.05) is 49.1 Å². The molecule has 7 nitrogen and oxygen atoms in total. The van der Waals surface area contributed by atoms with Crippen LogP contribution in [-0.4, -0.2) is 52.3 Å². The van der Waals surface area contributed by atoms with Gasteiger partial charge in [0.05, 0.1) is 17.1 Å². The number of amides is 1. The third-order valence-electron chi connectivity index (χ3n) is 4.76. The standard InChI is InChI=1S/C19H21N5O2/c1-13-18(14(2)21-20-13)23-8-10-24(11-9-23)19(25)16-12-17(26-22-16)15-6-4-3-5-7-15/h3-7,12H,8-11H2,1-2H3,(H,20,21). The Balaban J connectivity index is 1.43. The molecule has 134 valence electrons. The van der Waals surface area contributed by atoms with Crippen LogP contribution in [0.25, 0.3) is 11.3 Å². The second-order valence-corrected chi connectivity index (χ2v) is 6.50. The summed E-state index contributed by atoms with van der Waals surface area (Å²) in [5, 5.41) is 11.2. The monoisotopic (exact) mass is 351 g/mol. The van der Waals surface area contributed by atoms with Crippen LogP contribution in [-0.2, 0) is 0 Å². The van der Waals surface area contributed by atoms with Gasteiger partial charge in [0.2, 0.25) is 0 Å². The van der Waals surface area contributed by atoms with Gasteiger partial charge in [0, 0.05) is 37.8 Å². The van der Waals surface area contributed by atoms with E-state index in [4.69, 9.17) is 4.52 Å². The number of anilines is 1. The number of carbonyl (C=O) groups is 1. The Labute approximate surface area is 151 Å². The molecule has 0 atom stereocenters. The van der Waals surface area contributed by atoms with E-state index in [1.165, 1.54) is 0 Å². The molecule has 7 heteroatoms. The van der Waals surface area contributed by atoms with E-state index >= 15 is 0 Å². The molecule has 0 saturated carbocycles. The normalized spacial score (nSPS) is 14.7. The molecule has 4 rings (SSSR count). The molecule has 3 heterocycles. The molecule has 0 bridgehead atoms. The van der Waals surface area contributed by atoms with Crippen LogP contribution in [0.2, 0.25) is 0 Å². The predicted octanol–water partition coefficient (Wildman–Crippen LogP) is 2.64. The summed E-state index contributed by atoms with van der Waals surface area (Å²) < 4.78 is 5.35. The van der Waals surface area contributed by atoms with E-state index in [9.17, 15) is 4.79 Å². The van der Waals surface area contributed by atoms with E-state index in [0.717, 1.165) is 35.7 Å². The van der Waals surface area contributed by atoms with Gasteiger partial charge in [-0.05, 0) is 13.8 Å². The molecule has 1 aromatic carbocycles. The molecule has 0 aliphatic carbocycles. The van der Waals surface area contributed by atoms with Crippen molar-refractivity contribution in [1.29, 1.82) is 0 Å². The van der Waals surface area contributed by atoms with Crippen LogP contribution in [0.15, 0.2) is 40.9 Å². The Bertz CT molecular complexity index is 888. The van der Waals surface area contributed by atoms with Crippen molar-refractivity contribution in [2.24, 2.45) is 0 Å². The Hall–Kier alpha value is -3.09. The highest BCUT2D eigenvalue weighted by Crippen LogP contribution is 2.24. The molecule has 1 N–H and O–H groups in total. The minimum absolute atomic E-state index is 0.0868. The van der Waals surface area contributed by atoms with Gasteiger partial charge in [-0.2, -0.15) is 5.10 Å². The Kier molecular flexibility index (Phi) is 4.20. The minimum atomic E-state index is -0.0868. The molecule has 0 unspecified atom stereocenters. The molecule has 1 saturated heterocycles. The van der Waals surface area contributed by atoms with Gasteiger partial charge >= 0.3 is 0 Å². The van der Waals surface area contributed by atoms with Crippen LogP contribution >= 0.6 is 0 Å². The number of hydrogen-bond acceptors (Lipinski definition) is 5. The Morgan fingerprint density at radius 1 is 1.12 bits per heavy atom. The zero-order valence-electron chi connectivity index (χ0n) is 14.9. The van der Waals surface area contributed by atoms with Crippen molar-refractivity contribution in [2.75, 3.05) is 31.1 Å². The summed E-state index contributed by atoms with van der Waals surface area (Å²) in [6.07, 6.45) is 0. The summed E-state index contributed by atoms with van der Waals surface area (Å²) in [4.78, 5) is 16.8. The van der Waals surface area contributed by atoms with Crippen molar-refractivity contribution in [2.45, 2.75) is 13.8 Å². The first-order valence-corrected chi connectivity index (χ1v) is 8.71. The van der Waals surface area contributed by atoms with Gasteiger partial charge in [-0.15, -0.1) is 0 Å². The number of H-pyrrole nitrogens is 1. The number of nitrogens with zero attached hydrogens (tertiary/aromatic N) is 4. The first-order valence-electron chi connectivity index (χ1n) is 8.71. The first-order chi connectivity index (χ1) is 12.6. The lowest BCUT2D eigenvalue weighted by Gasteiger charge is -2.35. The van der Waals surface area contributed by atoms with Crippen molar-refractivity contribution >= 4 is 11.6 Å². The number of aryl methyl sites for hydroxylation is 2. The number of benzene rings is 1. The number of nitrogens with one attached hydrogen (secondary N) is 1. The lowest BCUT2D eigenvalue weighted by molar-refractivity contribution is 0.0736. The van der Waals surface area contributed by atoms with E-state index in [1.54, 1.807) is 6.07 Å². The molecule has 1 amide bonds. The zero-order chi connectivity index (χ0) is 18.1. The summed E-state index contributed by atoms with van der Waals surface area (Å²) in [5.41, 5.74) is 4.46. The SMILES string of the molecule is Cc1n[nH]c(C)c1N1CCN(C(=O)c2cc(-c3ccccc3)on2)CC1. The quantitative estimate of drug-likeness (QED) is 0.785. The van der Waals surface area contributed by atoms with E-state index in [-0.39, 0.29) is 5.91 Å². The van der Waals surface area contributed by atoms with Crippen LogP contribution in [0.3, 0.4) is 0 Å². The van der Waals surface area contributed by atoms with Gasteiger partial charge in [0.15, 0.2) is 11.5 Å². The van der Waals surface area contributed by atoms with Gasteiger partial charge in [0.1, 0.15) is 0 Å². The van der Waals surface area contributed by atoms with Crippen LogP contribution in [0.5, 0.6) is 0 Å². The molecule has 0 spiro atoms. The minimum Gasteiger partial charge on any atom is -0.365 e. The largest absolute Gasteiger partial charge is 0.365 e. The van der Waals surface area contributed by atoms with E-state index < -0.39 is 0 Å². The highest BCUT2D eigenvalue weighted by Gasteiger charge is 2.26. The lowest BCUT2D eigenvalue weighted by atomic mass is 10.1. The Morgan fingerprint density at radius 3 is 2.50 bits per heavy atom. The number of piperazine rings is 1. The average molecular weight is 351 g/mol. The number of aromatic amines is 1. The molecule has 2 aromatic heterocycles. The molecule has 0 radical (unpaired) electrons. The number of carbonyl (C=O) groups excluding carboxylic acids is 1. The smallest absolute Gasteiger partial charge is 0.276 e. The summed E-state index contributed by atoms with van der Waals surface area (Å²) in [6, 6.07) is 11.4. The van der Waals surface area contributed by atoms with Crippen molar-refractivity contribution in [3.8, 4) is 11.3 Å². The zero-order valence-corrected chi connectivity index (χ0v) is 14.9. The van der Waals surface area contributed by atoms with Crippen molar-refractivity contribution < 1.29 is 9.32 Å². The van der Waals surface area contributed by atoms with Crippen LogP contribution in [0.4, 0.5) is 5.69 Å². The van der Waals surface area contributed by atoms with Crippen LogP contribution in [0.1, 0.15) is 21.9 Å². The molecule has 1 aliphatic heterocycles.